The summed E-state index contributed by atoms with van der Waals surface area (Å²) in [5, 5.41) is 11.0. The van der Waals surface area contributed by atoms with Crippen molar-refractivity contribution in [3.8, 4) is 0 Å². The molecule has 1 heterocycles. The zero-order valence-corrected chi connectivity index (χ0v) is 11.9. The predicted molar refractivity (Wildman–Crippen MR) is 69.1 cm³/mol. The Morgan fingerprint density at radius 3 is 2.60 bits per heavy atom. The highest BCUT2D eigenvalue weighted by Crippen LogP contribution is 2.37. The van der Waals surface area contributed by atoms with Crippen molar-refractivity contribution >= 4 is 0 Å². The third-order valence-corrected chi connectivity index (χ3v) is 4.04. The second-order valence-corrected chi connectivity index (χ2v) is 5.33. The molecule has 2 atom stereocenters. The first kappa shape index (κ1) is 15.3. The highest BCUT2D eigenvalue weighted by molar-refractivity contribution is 4.95. The maximum atomic E-state index is 13.0. The summed E-state index contributed by atoms with van der Waals surface area (Å²) in [7, 11) is 0. The van der Waals surface area contributed by atoms with E-state index in [1.807, 2.05) is 18.4 Å². The SMILES string of the molecule is CCn1c(C)nnc1CNC1CCCCC1C(F)(F)F. The molecule has 1 aliphatic carbocycles. The summed E-state index contributed by atoms with van der Waals surface area (Å²) >= 11 is 0. The number of nitrogens with zero attached hydrogens (tertiary/aromatic N) is 3. The summed E-state index contributed by atoms with van der Waals surface area (Å²) in [6.45, 7) is 4.88. The topological polar surface area (TPSA) is 42.7 Å². The molecule has 1 fully saturated rings. The minimum Gasteiger partial charge on any atom is -0.314 e. The number of hydrogen-bond acceptors (Lipinski definition) is 3. The Morgan fingerprint density at radius 1 is 1.25 bits per heavy atom. The van der Waals surface area contributed by atoms with Crippen molar-refractivity contribution in [1.82, 2.24) is 20.1 Å². The molecule has 1 aromatic heterocycles. The highest BCUT2D eigenvalue weighted by atomic mass is 19.4. The number of rotatable bonds is 4. The van der Waals surface area contributed by atoms with E-state index in [0.717, 1.165) is 18.8 Å². The van der Waals surface area contributed by atoms with E-state index in [2.05, 4.69) is 15.5 Å². The van der Waals surface area contributed by atoms with Crippen molar-refractivity contribution in [2.45, 2.75) is 64.8 Å². The third-order valence-electron chi connectivity index (χ3n) is 4.04. The van der Waals surface area contributed by atoms with Crippen LogP contribution in [0.5, 0.6) is 0 Å². The van der Waals surface area contributed by atoms with Gasteiger partial charge in [0.1, 0.15) is 11.6 Å². The lowest BCUT2D eigenvalue weighted by Gasteiger charge is -2.33. The molecule has 1 N–H and O–H groups in total. The van der Waals surface area contributed by atoms with Gasteiger partial charge in [0.25, 0.3) is 0 Å². The van der Waals surface area contributed by atoms with Crippen molar-refractivity contribution in [1.29, 1.82) is 0 Å². The largest absolute Gasteiger partial charge is 0.393 e. The second kappa shape index (κ2) is 6.11. The van der Waals surface area contributed by atoms with Crippen molar-refractivity contribution in [2.24, 2.45) is 5.92 Å². The number of halogens is 3. The van der Waals surface area contributed by atoms with Crippen LogP contribution in [0, 0.1) is 12.8 Å². The molecular weight excluding hydrogens is 269 g/mol. The molecule has 0 aliphatic heterocycles. The molecule has 1 saturated carbocycles. The van der Waals surface area contributed by atoms with Gasteiger partial charge in [-0.15, -0.1) is 10.2 Å². The van der Waals surface area contributed by atoms with Crippen molar-refractivity contribution in [3.05, 3.63) is 11.6 Å². The van der Waals surface area contributed by atoms with Crippen molar-refractivity contribution in [2.75, 3.05) is 0 Å². The van der Waals surface area contributed by atoms with Gasteiger partial charge in [-0.3, -0.25) is 0 Å². The normalized spacial score (nSPS) is 24.1. The molecule has 0 radical (unpaired) electrons. The van der Waals surface area contributed by atoms with Crippen LogP contribution in [0.4, 0.5) is 13.2 Å². The molecule has 0 amide bonds. The average Bonchev–Trinajstić information content (AvgIpc) is 2.76. The van der Waals surface area contributed by atoms with Crippen molar-refractivity contribution < 1.29 is 13.2 Å². The van der Waals surface area contributed by atoms with Gasteiger partial charge in [0, 0.05) is 12.6 Å². The van der Waals surface area contributed by atoms with E-state index in [9.17, 15) is 13.2 Å². The summed E-state index contributed by atoms with van der Waals surface area (Å²) in [5.41, 5.74) is 0. The monoisotopic (exact) mass is 290 g/mol. The lowest BCUT2D eigenvalue weighted by atomic mass is 9.84. The van der Waals surface area contributed by atoms with Gasteiger partial charge >= 0.3 is 6.18 Å². The van der Waals surface area contributed by atoms with Crippen molar-refractivity contribution in [3.63, 3.8) is 0 Å². The van der Waals surface area contributed by atoms with E-state index in [1.165, 1.54) is 0 Å². The molecular formula is C13H21F3N4. The number of hydrogen-bond donors (Lipinski definition) is 1. The van der Waals surface area contributed by atoms with Gasteiger partial charge in [0.05, 0.1) is 12.5 Å². The van der Waals surface area contributed by atoms with Crippen LogP contribution in [0.15, 0.2) is 0 Å². The molecule has 0 bridgehead atoms. The maximum Gasteiger partial charge on any atom is 0.393 e. The first-order valence-electron chi connectivity index (χ1n) is 7.12. The van der Waals surface area contributed by atoms with Gasteiger partial charge in [-0.25, -0.2) is 0 Å². The zero-order valence-electron chi connectivity index (χ0n) is 11.9. The van der Waals surface area contributed by atoms with Gasteiger partial charge in [0.15, 0.2) is 0 Å². The Hall–Kier alpha value is -1.11. The number of alkyl halides is 3. The molecule has 0 saturated heterocycles. The number of aryl methyl sites for hydroxylation is 1. The molecule has 20 heavy (non-hydrogen) atoms. The number of nitrogens with one attached hydrogen (secondary N) is 1. The summed E-state index contributed by atoms with van der Waals surface area (Å²) in [4.78, 5) is 0. The van der Waals surface area contributed by atoms with Crippen LogP contribution < -0.4 is 5.32 Å². The molecule has 0 aromatic carbocycles. The van der Waals surface area contributed by atoms with Crippen LogP contribution in [-0.4, -0.2) is 27.0 Å². The fourth-order valence-electron chi connectivity index (χ4n) is 2.96. The Morgan fingerprint density at radius 2 is 1.95 bits per heavy atom. The van der Waals surface area contributed by atoms with E-state index in [1.54, 1.807) is 0 Å². The van der Waals surface area contributed by atoms with E-state index in [-0.39, 0.29) is 6.42 Å². The van der Waals surface area contributed by atoms with Gasteiger partial charge in [-0.1, -0.05) is 12.8 Å². The standard InChI is InChI=1S/C13H21F3N4/c1-3-20-9(2)18-19-12(20)8-17-11-7-5-4-6-10(11)13(14,15)16/h10-11,17H,3-8H2,1-2H3. The minimum absolute atomic E-state index is 0.223. The summed E-state index contributed by atoms with van der Waals surface area (Å²) in [6, 6.07) is -0.508. The Labute approximate surface area is 116 Å². The molecule has 114 valence electrons. The Bertz CT molecular complexity index is 441. The van der Waals surface area contributed by atoms with E-state index < -0.39 is 18.1 Å². The molecule has 4 nitrogen and oxygen atoms in total. The van der Waals surface area contributed by atoms with Gasteiger partial charge in [-0.2, -0.15) is 13.2 Å². The minimum atomic E-state index is -4.12. The Kier molecular flexibility index (Phi) is 4.67. The molecule has 1 aliphatic rings. The van der Waals surface area contributed by atoms with Crippen LogP contribution in [0.1, 0.15) is 44.3 Å². The predicted octanol–water partition coefficient (Wildman–Crippen LogP) is 2.82. The fraction of sp³-hybridized carbons (Fsp3) is 0.846. The summed E-state index contributed by atoms with van der Waals surface area (Å²) < 4.78 is 40.9. The first-order chi connectivity index (χ1) is 9.43. The lowest BCUT2D eigenvalue weighted by Crippen LogP contribution is -2.45. The maximum absolute atomic E-state index is 13.0. The van der Waals surface area contributed by atoms with Crippen LogP contribution >= 0.6 is 0 Å². The van der Waals surface area contributed by atoms with Crippen LogP contribution in [0.2, 0.25) is 0 Å². The molecule has 0 spiro atoms. The first-order valence-corrected chi connectivity index (χ1v) is 7.12. The van der Waals surface area contributed by atoms with E-state index in [0.29, 0.717) is 25.2 Å². The third kappa shape index (κ3) is 3.31. The Balaban J connectivity index is 2.01. The molecule has 1 aromatic rings. The molecule has 7 heteroatoms. The fourth-order valence-corrected chi connectivity index (χ4v) is 2.96. The summed E-state index contributed by atoms with van der Waals surface area (Å²) in [6.07, 6.45) is -1.81. The lowest BCUT2D eigenvalue weighted by molar-refractivity contribution is -0.189. The highest BCUT2D eigenvalue weighted by Gasteiger charge is 2.45. The molecule has 2 rings (SSSR count). The second-order valence-electron chi connectivity index (χ2n) is 5.33. The van der Waals surface area contributed by atoms with E-state index in [4.69, 9.17) is 0 Å². The van der Waals surface area contributed by atoms with Crippen LogP contribution in [-0.2, 0) is 13.1 Å². The zero-order chi connectivity index (χ0) is 14.8. The molecule has 2 unspecified atom stereocenters. The smallest absolute Gasteiger partial charge is 0.314 e. The van der Waals surface area contributed by atoms with Gasteiger partial charge < -0.3 is 9.88 Å². The van der Waals surface area contributed by atoms with E-state index >= 15 is 0 Å². The van der Waals surface area contributed by atoms with Crippen LogP contribution in [0.25, 0.3) is 0 Å². The van der Waals surface area contributed by atoms with Gasteiger partial charge in [-0.05, 0) is 26.7 Å². The summed E-state index contributed by atoms with van der Waals surface area (Å²) in [5.74, 6) is 0.257. The average molecular weight is 290 g/mol. The quantitative estimate of drug-likeness (QED) is 0.927. The van der Waals surface area contributed by atoms with Gasteiger partial charge in [0.2, 0.25) is 0 Å². The van der Waals surface area contributed by atoms with Crippen LogP contribution in [0.3, 0.4) is 0 Å². The number of aromatic nitrogens is 3.